The summed E-state index contributed by atoms with van der Waals surface area (Å²) in [6.07, 6.45) is 6.95. The molecule has 0 spiro atoms. The highest BCUT2D eigenvalue weighted by atomic mass is 16.7. The molecule has 14 N–H and O–H groups in total. The minimum atomic E-state index is -2.33. The SMILES string of the molecule is C[C@@H]1[C@H](O)[C@@H](C)/C=C/C=C/C=C/C=C/C=C/C=C/C=C/[C@H](O[C@@H]2O[C@@H](C)[C@@H](O)[C@H](NC(=O)[C@H](N)Cc3cccnc3)[C@@H]2O)C[C@@H]2O[C@](O)(C[C@@H](O)C[C@@H](O)[C@H](O)CC[C@@H](O)C[C@@H](O)CC(=O)O[C@H]1C)C[C@H](O)[C@H]2C(=O)NCCCN(C)C. The minimum Gasteiger partial charge on any atom is -0.462 e. The molecule has 4 heterocycles. The van der Waals surface area contributed by atoms with Crippen LogP contribution in [0.4, 0.5) is 0 Å². The van der Waals surface area contributed by atoms with Gasteiger partial charge in [0, 0.05) is 56.5 Å². The molecule has 2 saturated heterocycles. The van der Waals surface area contributed by atoms with Crippen LogP contribution in [0.15, 0.2) is 110 Å². The number of aliphatic hydroxyl groups excluding tert-OH is 9. The number of nitrogens with one attached hydrogen (secondary N) is 2. The van der Waals surface area contributed by atoms with Gasteiger partial charge in [0.2, 0.25) is 11.8 Å². The van der Waals surface area contributed by atoms with Crippen molar-refractivity contribution in [1.29, 1.82) is 0 Å². The third-order valence-electron chi connectivity index (χ3n) is 14.9. The van der Waals surface area contributed by atoms with Crippen LogP contribution in [0.3, 0.4) is 0 Å². The topological polar surface area (TPSA) is 357 Å². The molecule has 460 valence electrons. The summed E-state index contributed by atoms with van der Waals surface area (Å²) < 4.78 is 24.3. The number of pyridine rings is 1. The summed E-state index contributed by atoms with van der Waals surface area (Å²) in [6, 6.07) is 1.03. The molecule has 22 nitrogen and oxygen atoms in total. The molecule has 2 amide bonds. The van der Waals surface area contributed by atoms with Crippen molar-refractivity contribution in [3.05, 3.63) is 115 Å². The van der Waals surface area contributed by atoms with E-state index in [9.17, 15) is 65.4 Å². The van der Waals surface area contributed by atoms with Crippen molar-refractivity contribution in [2.24, 2.45) is 23.5 Å². The number of amides is 2. The summed E-state index contributed by atoms with van der Waals surface area (Å²) in [5.74, 6) is -6.43. The van der Waals surface area contributed by atoms with Crippen molar-refractivity contribution < 1.29 is 84.4 Å². The van der Waals surface area contributed by atoms with E-state index in [2.05, 4.69) is 15.6 Å². The number of nitrogens with two attached hydrogens (primary N) is 1. The standard InChI is InChI=1S/C60H93N5O17/c1-37-21-17-15-13-11-9-7-8-10-12-14-16-18-23-45(81-59-56(75)53(55(74)40(4)80-59)64-57(76)46(61)29-41-22-19-26-62-36-41)33-50-52(58(77)63-27-20-28-65(5)6)49(71)35-60(78,82-50)34-44(68)31-48(70)47(69)25-24-42(66)30-43(67)32-51(72)79-39(3)38(2)54(37)73/h7-19,21-23,26,36-40,42-50,52-56,59,66-71,73-75,78H,20,24-25,27-35,61H2,1-6H3,(H,63,77)(H,64,76)/b8-7+,11-9+,12-10+,15-13+,16-14+,21-17+,23-18+/t37-,38-,39-,40-,42+,43+,44-,45-,46+,47+,48+,49-,50-,52+,53-,54+,55+,56-,59-,60+/m0/s1. The quantitative estimate of drug-likeness (QED) is 0.108. The summed E-state index contributed by atoms with van der Waals surface area (Å²) in [5.41, 5.74) is 6.94. The van der Waals surface area contributed by atoms with Gasteiger partial charge in [0.1, 0.15) is 18.3 Å². The molecule has 3 aliphatic rings. The van der Waals surface area contributed by atoms with Gasteiger partial charge in [0.15, 0.2) is 12.1 Å². The third-order valence-corrected chi connectivity index (χ3v) is 14.9. The van der Waals surface area contributed by atoms with Crippen molar-refractivity contribution in [2.75, 3.05) is 27.2 Å². The average Bonchev–Trinajstić information content (AvgIpc) is 3.58. The normalized spacial score (nSPS) is 38.8. The van der Waals surface area contributed by atoms with Gasteiger partial charge in [-0.25, -0.2) is 0 Å². The van der Waals surface area contributed by atoms with Crippen LogP contribution in [0.1, 0.15) is 91.0 Å². The first-order chi connectivity index (χ1) is 38.9. The minimum absolute atomic E-state index is 0.110. The number of ether oxygens (including phenoxy) is 4. The lowest BCUT2D eigenvalue weighted by Crippen LogP contribution is -2.65. The summed E-state index contributed by atoms with van der Waals surface area (Å²) in [7, 11) is 3.76. The lowest BCUT2D eigenvalue weighted by atomic mass is 9.82. The van der Waals surface area contributed by atoms with Gasteiger partial charge in [0.25, 0.3) is 0 Å². The Labute approximate surface area is 482 Å². The average molecular weight is 1160 g/mol. The van der Waals surface area contributed by atoms with Gasteiger partial charge >= 0.3 is 5.97 Å². The molecular formula is C60H93N5O17. The summed E-state index contributed by atoms with van der Waals surface area (Å²) in [6.45, 7) is 7.61. The van der Waals surface area contributed by atoms with Crippen molar-refractivity contribution in [2.45, 2.75) is 195 Å². The Hall–Kier alpha value is -4.86. The molecule has 0 saturated carbocycles. The molecule has 2 bridgehead atoms. The Morgan fingerprint density at radius 2 is 1.40 bits per heavy atom. The number of allylic oxidation sites excluding steroid dienone is 12. The molecule has 2 fully saturated rings. The number of carbonyl (C=O) groups is 3. The van der Waals surface area contributed by atoms with E-state index < -0.39 is 159 Å². The van der Waals surface area contributed by atoms with Crippen LogP contribution in [0.25, 0.3) is 0 Å². The van der Waals surface area contributed by atoms with Crippen LogP contribution in [0.2, 0.25) is 0 Å². The molecule has 1 aromatic heterocycles. The molecule has 22 heteroatoms. The zero-order valence-corrected chi connectivity index (χ0v) is 48.1. The zero-order valence-electron chi connectivity index (χ0n) is 48.1. The lowest BCUT2D eigenvalue weighted by Gasteiger charge is -2.46. The number of aliphatic hydroxyl groups is 10. The lowest BCUT2D eigenvalue weighted by molar-refractivity contribution is -0.307. The van der Waals surface area contributed by atoms with E-state index in [0.29, 0.717) is 18.5 Å². The molecule has 0 aromatic carbocycles. The number of carbonyl (C=O) groups excluding carboxylic acids is 3. The second kappa shape index (κ2) is 35.4. The van der Waals surface area contributed by atoms with Crippen LogP contribution in [-0.4, -0.2) is 209 Å². The van der Waals surface area contributed by atoms with Gasteiger partial charge in [-0.2, -0.15) is 0 Å². The summed E-state index contributed by atoms with van der Waals surface area (Å²) in [5, 5.41) is 118. The Bertz CT molecular complexity index is 2280. The highest BCUT2D eigenvalue weighted by Crippen LogP contribution is 2.38. The second-order valence-electron chi connectivity index (χ2n) is 22.3. The number of hydrogen-bond acceptors (Lipinski definition) is 20. The molecule has 4 rings (SSSR count). The highest BCUT2D eigenvalue weighted by Gasteiger charge is 2.51. The Morgan fingerprint density at radius 1 is 0.768 bits per heavy atom. The van der Waals surface area contributed by atoms with Crippen LogP contribution in [0.5, 0.6) is 0 Å². The van der Waals surface area contributed by atoms with Crippen LogP contribution in [-0.2, 0) is 39.8 Å². The molecule has 1 aromatic rings. The predicted molar refractivity (Wildman–Crippen MR) is 305 cm³/mol. The number of fused-ring (bicyclic) bond motifs is 2. The Morgan fingerprint density at radius 3 is 2.02 bits per heavy atom. The molecule has 82 heavy (non-hydrogen) atoms. The van der Waals surface area contributed by atoms with Crippen molar-refractivity contribution in [3.63, 3.8) is 0 Å². The summed E-state index contributed by atoms with van der Waals surface area (Å²) >= 11 is 0. The number of aromatic nitrogens is 1. The van der Waals surface area contributed by atoms with Gasteiger partial charge in [-0.15, -0.1) is 0 Å². The van der Waals surface area contributed by atoms with Crippen molar-refractivity contribution >= 4 is 17.8 Å². The van der Waals surface area contributed by atoms with Crippen LogP contribution >= 0.6 is 0 Å². The molecule has 0 unspecified atom stereocenters. The molecule has 3 aliphatic heterocycles. The van der Waals surface area contributed by atoms with Crippen LogP contribution < -0.4 is 16.4 Å². The molecule has 20 atom stereocenters. The maximum atomic E-state index is 14.1. The van der Waals surface area contributed by atoms with E-state index in [1.165, 1.54) is 6.92 Å². The number of cyclic esters (lactones) is 1. The van der Waals surface area contributed by atoms with E-state index in [0.717, 1.165) is 0 Å². The number of hydrogen-bond donors (Lipinski definition) is 13. The smallest absolute Gasteiger partial charge is 0.308 e. The predicted octanol–water partition coefficient (Wildman–Crippen LogP) is 0.818. The molecular weight excluding hydrogens is 1060 g/mol. The van der Waals surface area contributed by atoms with E-state index >= 15 is 0 Å². The molecule has 0 aliphatic carbocycles. The molecule has 0 radical (unpaired) electrons. The van der Waals surface area contributed by atoms with E-state index in [4.69, 9.17) is 24.7 Å². The number of rotatable bonds is 11. The van der Waals surface area contributed by atoms with Crippen LogP contribution in [0, 0.1) is 17.8 Å². The van der Waals surface area contributed by atoms with E-state index in [1.807, 2.05) is 56.3 Å². The Balaban J connectivity index is 1.65. The van der Waals surface area contributed by atoms with Gasteiger partial charge in [-0.05, 0) is 78.2 Å². The van der Waals surface area contributed by atoms with Gasteiger partial charge in [-0.1, -0.05) is 105 Å². The van der Waals surface area contributed by atoms with Gasteiger partial charge < -0.3 is 91.3 Å². The van der Waals surface area contributed by atoms with Crippen molar-refractivity contribution in [1.82, 2.24) is 20.5 Å². The zero-order chi connectivity index (χ0) is 60.5. The van der Waals surface area contributed by atoms with Crippen molar-refractivity contribution in [3.8, 4) is 0 Å². The summed E-state index contributed by atoms with van der Waals surface area (Å²) in [4.78, 5) is 46.3. The first-order valence-corrected chi connectivity index (χ1v) is 28.5. The Kier molecular flexibility index (Phi) is 30.1. The largest absolute Gasteiger partial charge is 0.462 e. The first kappa shape index (κ1) is 69.6. The van der Waals surface area contributed by atoms with Gasteiger partial charge in [-0.3, -0.25) is 19.4 Å². The monoisotopic (exact) mass is 1160 g/mol. The fraction of sp³-hybridized carbons (Fsp3) is 0.633. The highest BCUT2D eigenvalue weighted by molar-refractivity contribution is 5.82. The van der Waals surface area contributed by atoms with Gasteiger partial charge in [0.05, 0.1) is 85.5 Å². The fourth-order valence-corrected chi connectivity index (χ4v) is 9.99. The van der Waals surface area contributed by atoms with E-state index in [1.54, 1.807) is 93.1 Å². The maximum Gasteiger partial charge on any atom is 0.308 e. The fourth-order valence-electron chi connectivity index (χ4n) is 9.99. The third kappa shape index (κ3) is 24.0. The van der Waals surface area contributed by atoms with E-state index in [-0.39, 0.29) is 44.6 Å². The first-order valence-electron chi connectivity index (χ1n) is 28.5. The number of esters is 1. The maximum absolute atomic E-state index is 14.1. The second-order valence-corrected chi connectivity index (χ2v) is 22.3. The number of nitrogens with zero attached hydrogens (tertiary/aromatic N) is 2.